The summed E-state index contributed by atoms with van der Waals surface area (Å²) in [5, 5.41) is 19.1. The Morgan fingerprint density at radius 3 is 1.24 bits per heavy atom. The number of likely N-dealkylation sites (tertiary alicyclic amines) is 2. The van der Waals surface area contributed by atoms with Gasteiger partial charge in [0.15, 0.2) is 0 Å². The van der Waals surface area contributed by atoms with E-state index in [1.54, 1.807) is 62.0 Å². The van der Waals surface area contributed by atoms with Crippen molar-refractivity contribution in [2.24, 2.45) is 10.8 Å². The third kappa shape index (κ3) is 13.1. The van der Waals surface area contributed by atoms with E-state index in [9.17, 15) is 28.8 Å². The van der Waals surface area contributed by atoms with Crippen molar-refractivity contribution in [3.8, 4) is 11.5 Å². The van der Waals surface area contributed by atoms with E-state index in [0.717, 1.165) is 0 Å². The van der Waals surface area contributed by atoms with Gasteiger partial charge in [0, 0.05) is 62.2 Å². The first kappa shape index (κ1) is 60.5. The first-order valence-electron chi connectivity index (χ1n) is 25.4. The Hall–Kier alpha value is -6.36. The Morgan fingerprint density at radius 1 is 0.566 bits per heavy atom. The molecule has 2 aromatic carbocycles. The average molecular weight is 1100 g/mol. The Labute approximate surface area is 457 Å². The van der Waals surface area contributed by atoms with Gasteiger partial charge in [0.1, 0.15) is 60.0 Å². The number of rotatable bonds is 16. The van der Waals surface area contributed by atoms with Crippen molar-refractivity contribution in [1.29, 1.82) is 0 Å². The monoisotopic (exact) mass is 1090 g/mol. The van der Waals surface area contributed by atoms with E-state index >= 15 is 0 Å². The van der Waals surface area contributed by atoms with Crippen LogP contribution < -0.4 is 51.2 Å². The number of amides is 6. The third-order valence-electron chi connectivity index (χ3n) is 14.4. The second-order valence-corrected chi connectivity index (χ2v) is 21.5. The molecule has 76 heavy (non-hydrogen) atoms. The molecule has 0 radical (unpaired) electrons. The van der Waals surface area contributed by atoms with Gasteiger partial charge in [0.2, 0.25) is 35.4 Å². The van der Waals surface area contributed by atoms with E-state index in [1.165, 1.54) is 26.9 Å². The molecule has 416 valence electrons. The zero-order chi connectivity index (χ0) is 53.8. The minimum absolute atomic E-state index is 0. The molecule has 4 aromatic rings. The van der Waals surface area contributed by atoms with Crippen molar-refractivity contribution in [3.05, 3.63) is 36.9 Å². The minimum Gasteiger partial charge on any atom is -0.494 e. The number of halogens is 2. The number of carbonyl (C=O) groups excluding carboxylic acids is 6. The number of benzene rings is 2. The molecule has 24 heteroatoms. The van der Waals surface area contributed by atoms with Crippen LogP contribution in [0.5, 0.6) is 11.5 Å². The molecular formula is C52H76Cl2N14O8. The van der Waals surface area contributed by atoms with Crippen molar-refractivity contribution in [2.75, 3.05) is 88.0 Å². The largest absolute Gasteiger partial charge is 0.494 e. The smallest absolute Gasteiger partial charge is 0.247 e. The fourth-order valence-electron chi connectivity index (χ4n) is 9.77. The van der Waals surface area contributed by atoms with Crippen LogP contribution in [0.15, 0.2) is 36.9 Å². The first-order valence-corrected chi connectivity index (χ1v) is 25.4. The lowest BCUT2D eigenvalue weighted by atomic mass is 9.85. The number of likely N-dealkylation sites (N-methyl/N-ethyl adjacent to an activating group) is 2. The Morgan fingerprint density at radius 2 is 0.921 bits per heavy atom. The summed E-state index contributed by atoms with van der Waals surface area (Å²) < 4.78 is 11.5. The Kier molecular flexibility index (Phi) is 20.1. The molecule has 0 unspecified atom stereocenters. The molecule has 3 aliphatic rings. The summed E-state index contributed by atoms with van der Waals surface area (Å²) in [6.45, 7) is 17.7. The van der Waals surface area contributed by atoms with E-state index in [-0.39, 0.29) is 60.3 Å². The van der Waals surface area contributed by atoms with Gasteiger partial charge in [-0.3, -0.25) is 28.8 Å². The summed E-state index contributed by atoms with van der Waals surface area (Å²) in [6, 6.07) is 2.85. The Balaban J connectivity index is 0.00000533. The molecule has 6 atom stereocenters. The lowest BCUT2D eigenvalue weighted by molar-refractivity contribution is -0.143. The number of carbonyl (C=O) groups is 6. The van der Waals surface area contributed by atoms with Crippen LogP contribution in [0.1, 0.15) is 81.1 Å². The SMILES string of the molecule is CN[C@@H](C)C(=O)N[C@H](C(=O)N1CCC[C@H]1C(=O)Nc1cc2c(N3CCN(c4ncnc5cc(OC)c(NC(=O)[C@@H]6CCCN6C(=O)[C@@H](NC(=O)[C@H](C)NC)C(C)(C)C)cc45)CC3)ncnc2cc1OC)C(C)(C)C.Cl.Cl. The van der Waals surface area contributed by atoms with Crippen LogP contribution in [-0.4, -0.2) is 169 Å². The summed E-state index contributed by atoms with van der Waals surface area (Å²) in [6.07, 6.45) is 5.15. The van der Waals surface area contributed by atoms with Crippen molar-refractivity contribution < 1.29 is 38.2 Å². The van der Waals surface area contributed by atoms with Crippen LogP contribution in [0, 0.1) is 10.8 Å². The van der Waals surface area contributed by atoms with Gasteiger partial charge in [-0.05, 0) is 76.6 Å². The highest BCUT2D eigenvalue weighted by Crippen LogP contribution is 2.38. The summed E-state index contributed by atoms with van der Waals surface area (Å²) in [7, 11) is 6.39. The van der Waals surface area contributed by atoms with Crippen LogP contribution in [0.25, 0.3) is 21.8 Å². The molecule has 3 fully saturated rings. The molecular weight excluding hydrogens is 1020 g/mol. The summed E-state index contributed by atoms with van der Waals surface area (Å²) in [4.78, 5) is 109. The predicted molar refractivity (Wildman–Crippen MR) is 298 cm³/mol. The summed E-state index contributed by atoms with van der Waals surface area (Å²) >= 11 is 0. The second kappa shape index (κ2) is 25.2. The topological polar surface area (TPSA) is 258 Å². The number of aromatic nitrogens is 4. The van der Waals surface area contributed by atoms with Crippen LogP contribution in [0.4, 0.5) is 23.0 Å². The van der Waals surface area contributed by atoms with Crippen LogP contribution >= 0.6 is 24.8 Å². The number of hydrogen-bond acceptors (Lipinski definition) is 16. The fraction of sp³-hybridized carbons (Fsp3) is 0.577. The number of fused-ring (bicyclic) bond motifs is 2. The van der Waals surface area contributed by atoms with Crippen molar-refractivity contribution in [1.82, 2.24) is 51.0 Å². The van der Waals surface area contributed by atoms with Crippen LogP contribution in [-0.2, 0) is 28.8 Å². The molecule has 7 rings (SSSR count). The number of hydrogen-bond donors (Lipinski definition) is 6. The van der Waals surface area contributed by atoms with Crippen molar-refractivity contribution in [3.63, 3.8) is 0 Å². The summed E-state index contributed by atoms with van der Waals surface area (Å²) in [5.41, 5.74) is 0.777. The highest BCUT2D eigenvalue weighted by molar-refractivity contribution is 6.05. The minimum atomic E-state index is -0.854. The molecule has 0 bridgehead atoms. The second-order valence-electron chi connectivity index (χ2n) is 21.5. The fourth-order valence-corrected chi connectivity index (χ4v) is 9.77. The zero-order valence-corrected chi connectivity index (χ0v) is 47.3. The number of nitrogens with one attached hydrogen (secondary N) is 6. The van der Waals surface area contributed by atoms with Gasteiger partial charge >= 0.3 is 0 Å². The molecule has 0 saturated carbocycles. The highest BCUT2D eigenvalue weighted by Gasteiger charge is 2.44. The maximum absolute atomic E-state index is 14.2. The van der Waals surface area contributed by atoms with Crippen molar-refractivity contribution in [2.45, 2.75) is 117 Å². The third-order valence-corrected chi connectivity index (χ3v) is 14.4. The molecule has 22 nitrogen and oxygen atoms in total. The summed E-state index contributed by atoms with van der Waals surface area (Å²) in [5.74, 6) is 0.123. The number of nitrogens with zero attached hydrogens (tertiary/aromatic N) is 8. The molecule has 3 aliphatic heterocycles. The standard InChI is InChI=1S/C52H74N14O8.2ClH/c1-29(53-9)45(67)61-41(51(3,4)5)49(71)65-17-13-15-37(65)47(69)59-35-23-31-33(25-39(35)73-11)55-27-57-43(31)63-19-21-64(22-20-63)44-32-24-36(40(74-12)26-34(32)56-28-58-44)60-48(70)38-16-14-18-66(38)50(72)42(52(6,7)8)62-46(68)30(2)54-10;;/h23-30,37-38,41-42,53-54H,13-22H2,1-12H3,(H,59,69)(H,60,70)(H,61,67)(H,62,68);2*1H/t29-,30-,37-,38-,41+,42+;;/m0../s1. The lowest BCUT2D eigenvalue weighted by Gasteiger charge is -2.37. The van der Waals surface area contributed by atoms with E-state index in [0.29, 0.717) is 121 Å². The molecule has 3 saturated heterocycles. The van der Waals surface area contributed by atoms with Gasteiger partial charge in [0.05, 0.1) is 48.7 Å². The van der Waals surface area contributed by atoms with Gasteiger partial charge in [-0.1, -0.05) is 41.5 Å². The molecule has 6 N–H and O–H groups in total. The number of anilines is 4. The molecule has 0 aliphatic carbocycles. The normalized spacial score (nSPS) is 18.4. The van der Waals surface area contributed by atoms with Gasteiger partial charge in [0.25, 0.3) is 0 Å². The van der Waals surface area contributed by atoms with E-state index in [1.807, 2.05) is 41.5 Å². The quantitative estimate of drug-likeness (QED) is 0.0930. The van der Waals surface area contributed by atoms with Gasteiger partial charge in [-0.2, -0.15) is 0 Å². The first-order chi connectivity index (χ1) is 35.1. The molecule has 5 heterocycles. The van der Waals surface area contributed by atoms with Crippen molar-refractivity contribution >= 4 is 105 Å². The average Bonchev–Trinajstić information content (AvgIpc) is 4.09. The predicted octanol–water partition coefficient (Wildman–Crippen LogP) is 3.90. The van der Waals surface area contributed by atoms with Crippen LogP contribution in [0.3, 0.4) is 0 Å². The van der Waals surface area contributed by atoms with Gasteiger partial charge in [-0.15, -0.1) is 24.8 Å². The van der Waals surface area contributed by atoms with E-state index in [4.69, 9.17) is 19.4 Å². The molecule has 6 amide bonds. The van der Waals surface area contributed by atoms with Gasteiger partial charge < -0.3 is 61.0 Å². The maximum Gasteiger partial charge on any atom is 0.247 e. The van der Waals surface area contributed by atoms with Gasteiger partial charge in [-0.25, -0.2) is 19.9 Å². The number of piperazine rings is 1. The number of ether oxygens (including phenoxy) is 2. The van der Waals surface area contributed by atoms with Crippen LogP contribution in [0.2, 0.25) is 0 Å². The van der Waals surface area contributed by atoms with E-state index < -0.39 is 47.1 Å². The molecule has 0 spiro atoms. The zero-order valence-electron chi connectivity index (χ0n) is 45.7. The van der Waals surface area contributed by atoms with E-state index in [2.05, 4.69) is 51.7 Å². The maximum atomic E-state index is 14.2. The number of methoxy groups -OCH3 is 2. The molecule has 2 aromatic heterocycles. The highest BCUT2D eigenvalue weighted by atomic mass is 35.5. The lowest BCUT2D eigenvalue weighted by Crippen LogP contribution is -2.59. The Bertz CT molecular complexity index is 2580.